The Balaban J connectivity index is 0.00000272. The minimum atomic E-state index is -3.63. The smallest absolute Gasteiger partial charge is 0.244 e. The lowest BCUT2D eigenvalue weighted by Crippen LogP contribution is -2.35. The number of nitrogens with one attached hydrogen (secondary N) is 2. The second-order valence-corrected chi connectivity index (χ2v) is 10.5. The number of hydrogen-bond acceptors (Lipinski definition) is 5. The van der Waals surface area contributed by atoms with Crippen molar-refractivity contribution >= 4 is 67.2 Å². The molecule has 0 aliphatic carbocycles. The molecule has 2 aromatic carbocycles. The third-order valence-corrected chi connectivity index (χ3v) is 8.28. The standard InChI is InChI=1S/C20H21ClN4O3S2.ClH/c21-15-9-8-14(30(27,28)24-10-4-1-5-11-24)12-16(15)23-19(26)13-25-17-6-2-3-7-18(17)29-20(25)22;/h2-3,6-9,12,22H,1,4-5,10-11,13H2,(H,23,26);1H. The highest BCUT2D eigenvalue weighted by atomic mass is 35.5. The molecule has 0 atom stereocenters. The number of piperidine rings is 1. The van der Waals surface area contributed by atoms with Crippen LogP contribution in [0.15, 0.2) is 47.4 Å². The topological polar surface area (TPSA) is 95.3 Å². The van der Waals surface area contributed by atoms with E-state index in [2.05, 4.69) is 5.32 Å². The van der Waals surface area contributed by atoms with Crippen molar-refractivity contribution in [1.82, 2.24) is 8.87 Å². The van der Waals surface area contributed by atoms with E-state index in [0.29, 0.717) is 13.1 Å². The molecule has 0 unspecified atom stereocenters. The van der Waals surface area contributed by atoms with Gasteiger partial charge in [0.1, 0.15) is 6.54 Å². The summed E-state index contributed by atoms with van der Waals surface area (Å²) in [5.74, 6) is -0.383. The molecule has 1 amide bonds. The highest BCUT2D eigenvalue weighted by Crippen LogP contribution is 2.28. The lowest BCUT2D eigenvalue weighted by atomic mass is 10.2. The number of hydrogen-bond donors (Lipinski definition) is 2. The number of carbonyl (C=O) groups excluding carboxylic acids is 1. The Morgan fingerprint density at radius 2 is 1.84 bits per heavy atom. The van der Waals surface area contributed by atoms with E-state index in [-0.39, 0.29) is 45.3 Å². The molecule has 7 nitrogen and oxygen atoms in total. The van der Waals surface area contributed by atoms with Crippen molar-refractivity contribution in [3.8, 4) is 0 Å². The van der Waals surface area contributed by atoms with Gasteiger partial charge in [-0.25, -0.2) is 8.42 Å². The molecule has 0 spiro atoms. The maximum absolute atomic E-state index is 12.9. The van der Waals surface area contributed by atoms with Crippen LogP contribution in [0.2, 0.25) is 5.02 Å². The van der Waals surface area contributed by atoms with Gasteiger partial charge in [0.05, 0.1) is 25.8 Å². The Morgan fingerprint density at radius 3 is 2.58 bits per heavy atom. The first-order valence-corrected chi connectivity index (χ1v) is 12.2. The predicted octanol–water partition coefficient (Wildman–Crippen LogP) is 4.07. The summed E-state index contributed by atoms with van der Waals surface area (Å²) in [7, 11) is -3.63. The van der Waals surface area contributed by atoms with Gasteiger partial charge in [0.15, 0.2) is 4.80 Å². The van der Waals surface area contributed by atoms with E-state index in [1.54, 1.807) is 4.57 Å². The van der Waals surface area contributed by atoms with Crippen LogP contribution in [0.3, 0.4) is 0 Å². The van der Waals surface area contributed by atoms with Crippen LogP contribution in [0.5, 0.6) is 0 Å². The number of sulfonamides is 1. The van der Waals surface area contributed by atoms with Crippen LogP contribution in [0.25, 0.3) is 10.2 Å². The molecule has 1 fully saturated rings. The second kappa shape index (κ2) is 9.70. The van der Waals surface area contributed by atoms with Crippen molar-refractivity contribution in [2.75, 3.05) is 18.4 Å². The molecule has 166 valence electrons. The van der Waals surface area contributed by atoms with Gasteiger partial charge in [0, 0.05) is 13.1 Å². The number of fused-ring (bicyclic) bond motifs is 1. The van der Waals surface area contributed by atoms with Crippen LogP contribution in [0.1, 0.15) is 19.3 Å². The summed E-state index contributed by atoms with van der Waals surface area (Å²) >= 11 is 7.51. The van der Waals surface area contributed by atoms with Crippen LogP contribution in [0, 0.1) is 5.41 Å². The molecule has 1 aliphatic rings. The van der Waals surface area contributed by atoms with Gasteiger partial charge in [-0.3, -0.25) is 10.2 Å². The summed E-state index contributed by atoms with van der Waals surface area (Å²) in [6.07, 6.45) is 2.72. The van der Waals surface area contributed by atoms with Crippen molar-refractivity contribution in [2.24, 2.45) is 0 Å². The summed E-state index contributed by atoms with van der Waals surface area (Å²) in [4.78, 5) is 13.0. The summed E-state index contributed by atoms with van der Waals surface area (Å²) < 4.78 is 29.9. The highest BCUT2D eigenvalue weighted by Gasteiger charge is 2.26. The molecule has 0 bridgehead atoms. The van der Waals surface area contributed by atoms with Gasteiger partial charge in [-0.15, -0.1) is 12.4 Å². The first-order valence-electron chi connectivity index (χ1n) is 9.59. The normalized spacial score (nSPS) is 14.9. The van der Waals surface area contributed by atoms with Gasteiger partial charge in [-0.2, -0.15) is 4.31 Å². The number of para-hydroxylation sites is 1. The third-order valence-electron chi connectivity index (χ3n) is 5.07. The largest absolute Gasteiger partial charge is 0.323 e. The minimum Gasteiger partial charge on any atom is -0.323 e. The van der Waals surface area contributed by atoms with Crippen LogP contribution in [-0.2, 0) is 21.4 Å². The van der Waals surface area contributed by atoms with Gasteiger partial charge >= 0.3 is 0 Å². The van der Waals surface area contributed by atoms with Crippen LogP contribution in [0.4, 0.5) is 5.69 Å². The van der Waals surface area contributed by atoms with Crippen LogP contribution < -0.4 is 10.1 Å². The van der Waals surface area contributed by atoms with Crippen molar-refractivity contribution in [3.05, 3.63) is 52.3 Å². The zero-order chi connectivity index (χ0) is 21.3. The lowest BCUT2D eigenvalue weighted by Gasteiger charge is -2.26. The monoisotopic (exact) mass is 500 g/mol. The summed E-state index contributed by atoms with van der Waals surface area (Å²) in [6.45, 7) is 0.934. The molecule has 11 heteroatoms. The first-order chi connectivity index (χ1) is 14.4. The fraction of sp³-hybridized carbons (Fsp3) is 0.300. The van der Waals surface area contributed by atoms with Gasteiger partial charge in [0.2, 0.25) is 15.9 Å². The molecule has 1 saturated heterocycles. The zero-order valence-corrected chi connectivity index (χ0v) is 19.7. The molecule has 0 radical (unpaired) electrons. The average molecular weight is 501 g/mol. The van der Waals surface area contributed by atoms with Gasteiger partial charge in [-0.1, -0.05) is 41.5 Å². The number of anilines is 1. The predicted molar refractivity (Wildman–Crippen MR) is 126 cm³/mol. The van der Waals surface area contributed by atoms with Gasteiger partial charge in [0.25, 0.3) is 0 Å². The van der Waals surface area contributed by atoms with E-state index in [1.165, 1.54) is 33.8 Å². The second-order valence-electron chi connectivity index (χ2n) is 7.12. The molecule has 2 N–H and O–H groups in total. The van der Waals surface area contributed by atoms with Crippen molar-refractivity contribution in [2.45, 2.75) is 30.7 Å². The molecule has 31 heavy (non-hydrogen) atoms. The fourth-order valence-electron chi connectivity index (χ4n) is 3.54. The van der Waals surface area contributed by atoms with Gasteiger partial charge < -0.3 is 9.88 Å². The number of thiazole rings is 1. The number of aromatic nitrogens is 1. The summed E-state index contributed by atoms with van der Waals surface area (Å²) in [6, 6.07) is 11.9. The molecule has 3 aromatic rings. The lowest BCUT2D eigenvalue weighted by molar-refractivity contribution is -0.116. The van der Waals surface area contributed by atoms with Crippen molar-refractivity contribution in [3.63, 3.8) is 0 Å². The molecule has 1 aromatic heterocycles. The number of benzene rings is 2. The maximum Gasteiger partial charge on any atom is 0.244 e. The molecule has 1 aliphatic heterocycles. The average Bonchev–Trinajstić information content (AvgIpc) is 3.05. The molecular weight excluding hydrogens is 479 g/mol. The van der Waals surface area contributed by atoms with E-state index in [1.807, 2.05) is 24.3 Å². The molecule has 0 saturated carbocycles. The molecular formula is C20H22Cl2N4O3S2. The van der Waals surface area contributed by atoms with E-state index in [9.17, 15) is 13.2 Å². The Bertz CT molecular complexity index is 1260. The maximum atomic E-state index is 12.9. The van der Waals surface area contributed by atoms with E-state index >= 15 is 0 Å². The number of nitrogens with zero attached hydrogens (tertiary/aromatic N) is 2. The Labute approximate surface area is 195 Å². The number of carbonyl (C=O) groups is 1. The molecule has 2 heterocycles. The number of halogens is 2. The van der Waals surface area contributed by atoms with Crippen LogP contribution in [-0.4, -0.2) is 36.3 Å². The number of rotatable bonds is 5. The van der Waals surface area contributed by atoms with Crippen LogP contribution >= 0.6 is 35.3 Å². The minimum absolute atomic E-state index is 0. The quantitative estimate of drug-likeness (QED) is 0.552. The number of amides is 1. The van der Waals surface area contributed by atoms with Crippen molar-refractivity contribution in [1.29, 1.82) is 5.41 Å². The van der Waals surface area contributed by atoms with E-state index in [0.717, 1.165) is 29.5 Å². The Hall–Kier alpha value is -1.91. The highest BCUT2D eigenvalue weighted by molar-refractivity contribution is 7.89. The SMILES string of the molecule is Cl.N=c1sc2ccccc2n1CC(=O)Nc1cc(S(=O)(=O)N2CCCCC2)ccc1Cl. The van der Waals surface area contributed by atoms with E-state index in [4.69, 9.17) is 17.0 Å². The Morgan fingerprint density at radius 1 is 1.13 bits per heavy atom. The third kappa shape index (κ3) is 4.96. The fourth-order valence-corrected chi connectivity index (χ4v) is 6.16. The van der Waals surface area contributed by atoms with E-state index < -0.39 is 10.0 Å². The Kier molecular flexibility index (Phi) is 7.43. The summed E-state index contributed by atoms with van der Waals surface area (Å²) in [5, 5.41) is 11.1. The zero-order valence-electron chi connectivity index (χ0n) is 16.5. The summed E-state index contributed by atoms with van der Waals surface area (Å²) in [5.41, 5.74) is 1.04. The molecule has 4 rings (SSSR count). The first kappa shape index (κ1) is 23.7. The van der Waals surface area contributed by atoms with Gasteiger partial charge in [-0.05, 0) is 43.2 Å². The van der Waals surface area contributed by atoms with Crippen molar-refractivity contribution < 1.29 is 13.2 Å².